The molecule has 1 atom stereocenters. The van der Waals surface area contributed by atoms with Crippen LogP contribution in [0, 0.1) is 17.5 Å². The van der Waals surface area contributed by atoms with Gasteiger partial charge in [0.2, 0.25) is 0 Å². The van der Waals surface area contributed by atoms with Gasteiger partial charge in [-0.2, -0.15) is 13.2 Å². The van der Waals surface area contributed by atoms with E-state index in [1.165, 1.54) is 0 Å². The van der Waals surface area contributed by atoms with Gasteiger partial charge in [0.1, 0.15) is 0 Å². The van der Waals surface area contributed by atoms with E-state index in [1.54, 1.807) is 0 Å². The number of carbonyl (C=O) groups excluding carboxylic acids is 2. The van der Waals surface area contributed by atoms with Crippen LogP contribution in [-0.2, 0) is 15.7 Å². The molecule has 0 spiro atoms. The molecule has 144 valence electrons. The fourth-order valence-corrected chi connectivity index (χ4v) is 1.93. The average Bonchev–Trinajstić information content (AvgIpc) is 2.61. The lowest BCUT2D eigenvalue weighted by atomic mass is 10.1. The molecule has 0 heterocycles. The number of hydrogen-bond acceptors (Lipinski definition) is 3. The first kappa shape index (κ1) is 20.3. The number of carbonyl (C=O) groups is 2. The molecule has 0 aliphatic heterocycles. The molecule has 0 saturated heterocycles. The Balaban J connectivity index is 2.03. The molecular formula is C17H11F6NO3. The van der Waals surface area contributed by atoms with E-state index in [4.69, 9.17) is 4.74 Å². The van der Waals surface area contributed by atoms with Crippen LogP contribution in [0.15, 0.2) is 36.4 Å². The van der Waals surface area contributed by atoms with Gasteiger partial charge in [0.05, 0.1) is 16.8 Å². The highest BCUT2D eigenvalue weighted by atomic mass is 19.4. The molecule has 0 radical (unpaired) electrons. The van der Waals surface area contributed by atoms with Crippen molar-refractivity contribution in [3.63, 3.8) is 0 Å². The van der Waals surface area contributed by atoms with E-state index in [-0.39, 0.29) is 5.56 Å². The molecule has 1 N–H and O–H groups in total. The minimum atomic E-state index is -4.58. The third kappa shape index (κ3) is 4.78. The maximum absolute atomic E-state index is 13.5. The van der Waals surface area contributed by atoms with Gasteiger partial charge in [-0.15, -0.1) is 0 Å². The highest BCUT2D eigenvalue weighted by molar-refractivity contribution is 5.97. The SMILES string of the molecule is C[C@H](OC(=O)c1ccc(C(F)(F)F)cc1)C(=O)Nc1ccc(F)c(F)c1F. The molecule has 0 saturated carbocycles. The first-order valence-corrected chi connectivity index (χ1v) is 7.33. The van der Waals surface area contributed by atoms with Gasteiger partial charge in [-0.1, -0.05) is 0 Å². The van der Waals surface area contributed by atoms with Crippen molar-refractivity contribution in [2.75, 3.05) is 5.32 Å². The van der Waals surface area contributed by atoms with Crippen LogP contribution in [0.3, 0.4) is 0 Å². The first-order valence-electron chi connectivity index (χ1n) is 7.33. The topological polar surface area (TPSA) is 55.4 Å². The second kappa shape index (κ2) is 7.68. The molecule has 2 aromatic carbocycles. The van der Waals surface area contributed by atoms with Gasteiger partial charge in [0.15, 0.2) is 23.6 Å². The third-order valence-corrected chi connectivity index (χ3v) is 3.39. The summed E-state index contributed by atoms with van der Waals surface area (Å²) < 4.78 is 81.7. The third-order valence-electron chi connectivity index (χ3n) is 3.39. The summed E-state index contributed by atoms with van der Waals surface area (Å²) in [6.45, 7) is 1.11. The van der Waals surface area contributed by atoms with Gasteiger partial charge in [-0.3, -0.25) is 4.79 Å². The average molecular weight is 391 g/mol. The fourth-order valence-electron chi connectivity index (χ4n) is 1.93. The predicted octanol–water partition coefficient (Wildman–Crippen LogP) is 4.31. The van der Waals surface area contributed by atoms with Crippen molar-refractivity contribution < 1.29 is 40.7 Å². The predicted molar refractivity (Wildman–Crippen MR) is 81.3 cm³/mol. The van der Waals surface area contributed by atoms with Crippen LogP contribution in [0.5, 0.6) is 0 Å². The van der Waals surface area contributed by atoms with Crippen molar-refractivity contribution in [1.82, 2.24) is 0 Å². The lowest BCUT2D eigenvalue weighted by Crippen LogP contribution is -2.30. The molecule has 0 aliphatic rings. The number of ether oxygens (including phenoxy) is 1. The highest BCUT2D eigenvalue weighted by Crippen LogP contribution is 2.29. The number of nitrogens with one attached hydrogen (secondary N) is 1. The zero-order chi connectivity index (χ0) is 20.4. The summed E-state index contributed by atoms with van der Waals surface area (Å²) in [5.74, 6) is -7.03. The van der Waals surface area contributed by atoms with Gasteiger partial charge in [0, 0.05) is 0 Å². The van der Waals surface area contributed by atoms with E-state index in [2.05, 4.69) is 0 Å². The number of rotatable bonds is 4. The van der Waals surface area contributed by atoms with Gasteiger partial charge in [-0.25, -0.2) is 18.0 Å². The van der Waals surface area contributed by atoms with Crippen molar-refractivity contribution in [3.8, 4) is 0 Å². The molecule has 1 amide bonds. The Kier molecular flexibility index (Phi) is 5.77. The summed E-state index contributed by atoms with van der Waals surface area (Å²) in [7, 11) is 0. The van der Waals surface area contributed by atoms with E-state index in [0.717, 1.165) is 25.1 Å². The second-order valence-electron chi connectivity index (χ2n) is 5.33. The van der Waals surface area contributed by atoms with Crippen LogP contribution in [0.2, 0.25) is 0 Å². The Labute approximate surface area is 148 Å². The van der Waals surface area contributed by atoms with Gasteiger partial charge < -0.3 is 10.1 Å². The fraction of sp³-hybridized carbons (Fsp3) is 0.176. The lowest BCUT2D eigenvalue weighted by Gasteiger charge is -2.14. The highest BCUT2D eigenvalue weighted by Gasteiger charge is 2.30. The van der Waals surface area contributed by atoms with Crippen LogP contribution in [0.4, 0.5) is 32.0 Å². The molecule has 0 bridgehead atoms. The number of benzene rings is 2. The number of hydrogen-bond donors (Lipinski definition) is 1. The zero-order valence-electron chi connectivity index (χ0n) is 13.5. The van der Waals surface area contributed by atoms with Crippen LogP contribution in [0.25, 0.3) is 0 Å². The largest absolute Gasteiger partial charge is 0.449 e. The zero-order valence-corrected chi connectivity index (χ0v) is 13.5. The number of alkyl halides is 3. The molecule has 27 heavy (non-hydrogen) atoms. The maximum atomic E-state index is 13.5. The van der Waals surface area contributed by atoms with Crippen LogP contribution >= 0.6 is 0 Å². The minimum Gasteiger partial charge on any atom is -0.449 e. The maximum Gasteiger partial charge on any atom is 0.416 e. The smallest absolute Gasteiger partial charge is 0.416 e. The Hall–Kier alpha value is -3.04. The summed E-state index contributed by atoms with van der Waals surface area (Å²) in [6, 6.07) is 4.43. The normalized spacial score (nSPS) is 12.4. The van der Waals surface area contributed by atoms with E-state index in [0.29, 0.717) is 18.2 Å². The second-order valence-corrected chi connectivity index (χ2v) is 5.33. The number of anilines is 1. The Bertz CT molecular complexity index is 864. The monoisotopic (exact) mass is 391 g/mol. The van der Waals surface area contributed by atoms with Crippen molar-refractivity contribution in [3.05, 3.63) is 65.0 Å². The lowest BCUT2D eigenvalue weighted by molar-refractivity contribution is -0.137. The van der Waals surface area contributed by atoms with E-state index >= 15 is 0 Å². The first-order chi connectivity index (χ1) is 12.5. The standard InChI is InChI=1S/C17H11F6NO3/c1-8(15(25)24-12-7-6-11(18)13(19)14(12)20)27-16(26)9-2-4-10(5-3-9)17(21,22)23/h2-8H,1H3,(H,24,25)/t8-/m0/s1. The summed E-state index contributed by atoms with van der Waals surface area (Å²) >= 11 is 0. The van der Waals surface area contributed by atoms with Gasteiger partial charge >= 0.3 is 12.1 Å². The summed E-state index contributed by atoms with van der Waals surface area (Å²) in [6.07, 6.45) is -6.07. The van der Waals surface area contributed by atoms with Crippen LogP contribution in [0.1, 0.15) is 22.8 Å². The van der Waals surface area contributed by atoms with Gasteiger partial charge in [0.25, 0.3) is 5.91 Å². The van der Waals surface area contributed by atoms with E-state index in [9.17, 15) is 35.9 Å². The number of esters is 1. The van der Waals surface area contributed by atoms with Crippen molar-refractivity contribution in [2.24, 2.45) is 0 Å². The minimum absolute atomic E-state index is 0.248. The Morgan fingerprint density at radius 2 is 1.56 bits per heavy atom. The van der Waals surface area contributed by atoms with Gasteiger partial charge in [-0.05, 0) is 43.3 Å². The molecule has 2 rings (SSSR count). The molecular weight excluding hydrogens is 380 g/mol. The molecule has 0 unspecified atom stereocenters. The summed E-state index contributed by atoms with van der Waals surface area (Å²) in [4.78, 5) is 23.8. The van der Waals surface area contributed by atoms with E-state index < -0.39 is 52.9 Å². The Morgan fingerprint density at radius 3 is 2.11 bits per heavy atom. The van der Waals surface area contributed by atoms with Crippen molar-refractivity contribution in [2.45, 2.75) is 19.2 Å². The summed E-state index contributed by atoms with van der Waals surface area (Å²) in [5.41, 5.74) is -1.89. The van der Waals surface area contributed by atoms with Crippen LogP contribution in [-0.4, -0.2) is 18.0 Å². The molecule has 2 aromatic rings. The molecule has 0 aromatic heterocycles. The number of amides is 1. The molecule has 0 fully saturated rings. The molecule has 0 aliphatic carbocycles. The Morgan fingerprint density at radius 1 is 0.963 bits per heavy atom. The van der Waals surface area contributed by atoms with E-state index in [1.807, 2.05) is 5.32 Å². The van der Waals surface area contributed by atoms with Crippen LogP contribution < -0.4 is 5.32 Å². The molecule has 10 heteroatoms. The number of halogens is 6. The van der Waals surface area contributed by atoms with Crippen molar-refractivity contribution >= 4 is 17.6 Å². The van der Waals surface area contributed by atoms with Crippen molar-refractivity contribution in [1.29, 1.82) is 0 Å². The quantitative estimate of drug-likeness (QED) is 0.480. The molecule has 4 nitrogen and oxygen atoms in total. The summed E-state index contributed by atoms with van der Waals surface area (Å²) in [5, 5.41) is 1.92.